The average Bonchev–Trinajstić information content (AvgIpc) is 2.56. The van der Waals surface area contributed by atoms with E-state index >= 15 is 0 Å². The van der Waals surface area contributed by atoms with Crippen molar-refractivity contribution in [1.29, 1.82) is 0 Å². The largest absolute Gasteiger partial charge is 0.507 e. The van der Waals surface area contributed by atoms with Gasteiger partial charge in [0.1, 0.15) is 11.3 Å². The van der Waals surface area contributed by atoms with Crippen molar-refractivity contribution in [2.24, 2.45) is 0 Å². The number of phenolic OH excluding ortho intramolecular Hbond substituents is 1. The van der Waals surface area contributed by atoms with E-state index in [2.05, 4.69) is 5.32 Å². The summed E-state index contributed by atoms with van der Waals surface area (Å²) in [6, 6.07) is 10.1. The van der Waals surface area contributed by atoms with Crippen molar-refractivity contribution in [2.45, 2.75) is 13.8 Å². The van der Waals surface area contributed by atoms with Gasteiger partial charge in [-0.3, -0.25) is 19.8 Å². The Labute approximate surface area is 160 Å². The third kappa shape index (κ3) is 3.34. The topological polar surface area (TPSA) is 69.6 Å². The van der Waals surface area contributed by atoms with Crippen LogP contribution < -0.4 is 10.2 Å². The molecule has 2 amide bonds. The van der Waals surface area contributed by atoms with Crippen LogP contribution in [0, 0.1) is 13.8 Å². The highest BCUT2D eigenvalue weighted by atomic mass is 35.5. The third-order valence-electron chi connectivity index (χ3n) is 3.99. The zero-order valence-corrected chi connectivity index (χ0v) is 15.6. The molecule has 3 rings (SSSR count). The number of nitrogens with zero attached hydrogens (tertiary/aromatic N) is 1. The maximum Gasteiger partial charge on any atom is 0.270 e. The van der Waals surface area contributed by atoms with Crippen molar-refractivity contribution in [3.8, 4) is 5.75 Å². The number of rotatable bonds is 2. The molecule has 132 valence electrons. The number of carbonyl (C=O) groups excluding carboxylic acids is 2. The van der Waals surface area contributed by atoms with Crippen LogP contribution in [0.2, 0.25) is 5.02 Å². The Hall–Kier alpha value is -2.70. The number of hydrogen-bond donors (Lipinski definition) is 2. The zero-order valence-electron chi connectivity index (χ0n) is 14.0. The summed E-state index contributed by atoms with van der Waals surface area (Å²) in [6.07, 6.45) is 1.48. The lowest BCUT2D eigenvalue weighted by Crippen LogP contribution is -2.54. The van der Waals surface area contributed by atoms with Gasteiger partial charge in [-0.15, -0.1) is 0 Å². The molecule has 1 aliphatic rings. The van der Waals surface area contributed by atoms with Crippen molar-refractivity contribution in [1.82, 2.24) is 5.32 Å². The fraction of sp³-hybridized carbons (Fsp3) is 0.105. The molecule has 0 unspecified atom stereocenters. The molecule has 0 spiro atoms. The number of amides is 2. The summed E-state index contributed by atoms with van der Waals surface area (Å²) in [5, 5.41) is 12.9. The van der Waals surface area contributed by atoms with Gasteiger partial charge in [-0.2, -0.15) is 0 Å². The second-order valence-corrected chi connectivity index (χ2v) is 6.76. The Balaban J connectivity index is 2.06. The maximum atomic E-state index is 12.9. The van der Waals surface area contributed by atoms with E-state index in [1.807, 2.05) is 0 Å². The molecular weight excluding hydrogens is 372 g/mol. The number of aryl methyl sites for hydroxylation is 2. The first-order chi connectivity index (χ1) is 12.3. The van der Waals surface area contributed by atoms with Gasteiger partial charge in [0, 0.05) is 5.02 Å². The van der Waals surface area contributed by atoms with Crippen LogP contribution in [0.3, 0.4) is 0 Å². The number of hydrogen-bond acceptors (Lipinski definition) is 4. The summed E-state index contributed by atoms with van der Waals surface area (Å²) in [7, 11) is 0. The molecule has 1 saturated heterocycles. The van der Waals surface area contributed by atoms with Gasteiger partial charge < -0.3 is 5.11 Å². The molecule has 0 aliphatic carbocycles. The second-order valence-electron chi connectivity index (χ2n) is 5.94. The van der Waals surface area contributed by atoms with Crippen molar-refractivity contribution in [3.05, 3.63) is 63.7 Å². The van der Waals surface area contributed by atoms with Crippen LogP contribution >= 0.6 is 23.8 Å². The molecule has 7 heteroatoms. The zero-order chi connectivity index (χ0) is 19.0. The van der Waals surface area contributed by atoms with E-state index < -0.39 is 11.8 Å². The van der Waals surface area contributed by atoms with E-state index in [9.17, 15) is 14.7 Å². The molecule has 2 aromatic rings. The summed E-state index contributed by atoms with van der Waals surface area (Å²) in [5.41, 5.74) is 2.36. The first-order valence-corrected chi connectivity index (χ1v) is 8.54. The van der Waals surface area contributed by atoms with Crippen LogP contribution in [0.15, 0.2) is 42.0 Å². The lowest BCUT2D eigenvalue weighted by atomic mass is 10.0. The van der Waals surface area contributed by atoms with Crippen LogP contribution in [0.4, 0.5) is 5.69 Å². The van der Waals surface area contributed by atoms with Gasteiger partial charge in [-0.05, 0) is 79.2 Å². The molecule has 5 nitrogen and oxygen atoms in total. The van der Waals surface area contributed by atoms with Crippen molar-refractivity contribution < 1.29 is 14.7 Å². The number of carbonyl (C=O) groups is 2. The normalized spacial score (nSPS) is 16.2. The van der Waals surface area contributed by atoms with Gasteiger partial charge in [0.25, 0.3) is 11.8 Å². The Bertz CT molecular complexity index is 961. The van der Waals surface area contributed by atoms with E-state index in [0.717, 1.165) is 0 Å². The molecule has 0 radical (unpaired) electrons. The summed E-state index contributed by atoms with van der Waals surface area (Å²) >= 11 is 11.1. The van der Waals surface area contributed by atoms with Crippen LogP contribution in [0.25, 0.3) is 6.08 Å². The summed E-state index contributed by atoms with van der Waals surface area (Å²) in [5.74, 6) is -0.917. The van der Waals surface area contributed by atoms with Crippen LogP contribution in [0.5, 0.6) is 5.75 Å². The van der Waals surface area contributed by atoms with Crippen LogP contribution in [-0.4, -0.2) is 22.0 Å². The minimum Gasteiger partial charge on any atom is -0.507 e. The number of nitrogens with one attached hydrogen (secondary N) is 1. The van der Waals surface area contributed by atoms with Gasteiger partial charge in [0.2, 0.25) is 0 Å². The Morgan fingerprint density at radius 1 is 1.15 bits per heavy atom. The molecule has 0 bridgehead atoms. The lowest BCUT2D eigenvalue weighted by molar-refractivity contribution is -0.122. The molecule has 26 heavy (non-hydrogen) atoms. The first-order valence-electron chi connectivity index (χ1n) is 7.75. The maximum absolute atomic E-state index is 12.9. The number of benzene rings is 2. The molecule has 1 fully saturated rings. The van der Waals surface area contributed by atoms with Crippen molar-refractivity contribution >= 4 is 52.5 Å². The van der Waals surface area contributed by atoms with Gasteiger partial charge in [0.15, 0.2) is 5.11 Å². The van der Waals surface area contributed by atoms with Crippen LogP contribution in [0.1, 0.15) is 16.7 Å². The van der Waals surface area contributed by atoms with Gasteiger partial charge in [-0.1, -0.05) is 17.7 Å². The van der Waals surface area contributed by atoms with E-state index in [1.54, 1.807) is 50.2 Å². The fourth-order valence-corrected chi connectivity index (χ4v) is 3.21. The van der Waals surface area contributed by atoms with Crippen molar-refractivity contribution in [3.63, 3.8) is 0 Å². The SMILES string of the molecule is Cc1cc(/C=C2\C(=O)NC(=S)N(c3cccc(Cl)c3)C2=O)cc(C)c1O. The molecule has 2 aromatic carbocycles. The Kier molecular flexibility index (Phi) is 4.80. The minimum atomic E-state index is -0.568. The molecule has 1 heterocycles. The second kappa shape index (κ2) is 6.90. The number of aromatic hydroxyl groups is 1. The van der Waals surface area contributed by atoms with E-state index in [0.29, 0.717) is 27.4 Å². The van der Waals surface area contributed by atoms with E-state index in [1.165, 1.54) is 11.0 Å². The highest BCUT2D eigenvalue weighted by molar-refractivity contribution is 7.80. The van der Waals surface area contributed by atoms with Gasteiger partial charge in [0.05, 0.1) is 5.69 Å². The number of anilines is 1. The van der Waals surface area contributed by atoms with Gasteiger partial charge >= 0.3 is 0 Å². The van der Waals surface area contributed by atoms with Crippen LogP contribution in [-0.2, 0) is 9.59 Å². The number of thiocarbonyl (C=S) groups is 1. The molecular formula is C19H15ClN2O3S. The third-order valence-corrected chi connectivity index (χ3v) is 4.51. The molecule has 0 aromatic heterocycles. The Morgan fingerprint density at radius 3 is 2.42 bits per heavy atom. The number of halogens is 1. The predicted molar refractivity (Wildman–Crippen MR) is 105 cm³/mol. The number of phenols is 1. The molecule has 0 saturated carbocycles. The fourth-order valence-electron chi connectivity index (χ4n) is 2.75. The lowest BCUT2D eigenvalue weighted by Gasteiger charge is -2.29. The molecule has 0 atom stereocenters. The summed E-state index contributed by atoms with van der Waals surface area (Å²) in [4.78, 5) is 26.5. The summed E-state index contributed by atoms with van der Waals surface area (Å²) in [6.45, 7) is 3.50. The standard InChI is InChI=1S/C19H15ClN2O3S/c1-10-6-12(7-11(2)16(10)23)8-15-17(24)21-19(26)22(18(15)25)14-5-3-4-13(20)9-14/h3-9,23H,1-2H3,(H,21,24,26)/b15-8+. The summed E-state index contributed by atoms with van der Waals surface area (Å²) < 4.78 is 0. The minimum absolute atomic E-state index is 0.00233. The van der Waals surface area contributed by atoms with Gasteiger partial charge in [-0.25, -0.2) is 0 Å². The highest BCUT2D eigenvalue weighted by Crippen LogP contribution is 2.27. The quantitative estimate of drug-likeness (QED) is 0.471. The Morgan fingerprint density at radius 2 is 1.81 bits per heavy atom. The van der Waals surface area contributed by atoms with E-state index in [4.69, 9.17) is 23.8 Å². The highest BCUT2D eigenvalue weighted by Gasteiger charge is 2.34. The smallest absolute Gasteiger partial charge is 0.270 e. The first kappa shape index (κ1) is 18.1. The monoisotopic (exact) mass is 386 g/mol. The average molecular weight is 387 g/mol. The molecule has 1 aliphatic heterocycles. The van der Waals surface area contributed by atoms with E-state index in [-0.39, 0.29) is 16.4 Å². The predicted octanol–water partition coefficient (Wildman–Crippen LogP) is 3.49. The van der Waals surface area contributed by atoms with Crippen molar-refractivity contribution in [2.75, 3.05) is 4.90 Å². The molecule has 2 N–H and O–H groups in total.